The Balaban J connectivity index is 3.08. The summed E-state index contributed by atoms with van der Waals surface area (Å²) in [6, 6.07) is 1.49. The van der Waals surface area contributed by atoms with Crippen LogP contribution in [0.1, 0.15) is 24.2 Å². The van der Waals surface area contributed by atoms with E-state index in [0.29, 0.717) is 18.1 Å². The van der Waals surface area contributed by atoms with Gasteiger partial charge in [-0.3, -0.25) is 0 Å². The highest BCUT2D eigenvalue weighted by Crippen LogP contribution is 2.22. The number of carboxylic acid groups (broad SMARTS) is 1. The number of aliphatic hydroxyl groups excluding tert-OH is 1. The molecule has 6 heteroatoms. The molecule has 0 aliphatic rings. The summed E-state index contributed by atoms with van der Waals surface area (Å²) in [6.07, 6.45) is 1.26. The third-order valence-corrected chi connectivity index (χ3v) is 2.38. The molecule has 0 radical (unpaired) electrons. The molecule has 6 nitrogen and oxygen atoms in total. The molecule has 1 aromatic rings. The van der Waals surface area contributed by atoms with E-state index < -0.39 is 5.97 Å². The number of rotatable bonds is 5. The normalized spacial score (nSPS) is 10.6. The van der Waals surface area contributed by atoms with Crippen LogP contribution in [0.4, 0.5) is 11.5 Å². The Morgan fingerprint density at radius 2 is 2.24 bits per heavy atom. The van der Waals surface area contributed by atoms with Gasteiger partial charge < -0.3 is 20.8 Å². The molecule has 17 heavy (non-hydrogen) atoms. The standard InChI is InChI=1S/C11H17N3O3/c1-7(2)14(3-4-15)10-9(12)5-8(6-13-10)11(16)17/h5-7,15H,3-4,12H2,1-2H3,(H,16,17). The fourth-order valence-electron chi connectivity index (χ4n) is 1.55. The summed E-state index contributed by atoms with van der Waals surface area (Å²) < 4.78 is 0. The molecule has 1 aromatic heterocycles. The first-order chi connectivity index (χ1) is 7.97. The molecular weight excluding hydrogens is 222 g/mol. The maximum absolute atomic E-state index is 10.7. The number of nitrogens with two attached hydrogens (primary N) is 1. The van der Waals surface area contributed by atoms with Gasteiger partial charge in [0.15, 0.2) is 5.82 Å². The van der Waals surface area contributed by atoms with Crippen LogP contribution in [0.5, 0.6) is 0 Å². The Morgan fingerprint density at radius 1 is 1.59 bits per heavy atom. The lowest BCUT2D eigenvalue weighted by Crippen LogP contribution is -2.34. The topological polar surface area (TPSA) is 99.7 Å². The zero-order valence-corrected chi connectivity index (χ0v) is 9.92. The number of nitrogens with zero attached hydrogens (tertiary/aromatic N) is 2. The zero-order valence-electron chi connectivity index (χ0n) is 9.92. The molecule has 0 amide bonds. The lowest BCUT2D eigenvalue weighted by Gasteiger charge is -2.28. The Kier molecular flexibility index (Phi) is 4.28. The molecule has 1 heterocycles. The number of hydrogen-bond donors (Lipinski definition) is 3. The number of pyridine rings is 1. The van der Waals surface area contributed by atoms with E-state index >= 15 is 0 Å². The van der Waals surface area contributed by atoms with Crippen molar-refractivity contribution in [2.45, 2.75) is 19.9 Å². The molecule has 0 atom stereocenters. The first-order valence-corrected chi connectivity index (χ1v) is 5.33. The fraction of sp³-hybridized carbons (Fsp3) is 0.455. The molecule has 0 aliphatic carbocycles. The van der Waals surface area contributed by atoms with Crippen LogP contribution in [-0.2, 0) is 0 Å². The Bertz CT molecular complexity index is 407. The smallest absolute Gasteiger partial charge is 0.337 e. The summed E-state index contributed by atoms with van der Waals surface area (Å²) in [5.41, 5.74) is 6.13. The van der Waals surface area contributed by atoms with Gasteiger partial charge in [-0.05, 0) is 19.9 Å². The van der Waals surface area contributed by atoms with E-state index in [1.807, 2.05) is 18.7 Å². The molecule has 0 saturated heterocycles. The first-order valence-electron chi connectivity index (χ1n) is 5.33. The van der Waals surface area contributed by atoms with Gasteiger partial charge in [-0.2, -0.15) is 0 Å². The Labute approximate surface area is 99.7 Å². The third kappa shape index (κ3) is 3.07. The Morgan fingerprint density at radius 3 is 2.65 bits per heavy atom. The maximum atomic E-state index is 10.7. The number of carboxylic acids is 1. The summed E-state index contributed by atoms with van der Waals surface area (Å²) in [6.45, 7) is 4.28. The van der Waals surface area contributed by atoms with Crippen molar-refractivity contribution in [2.24, 2.45) is 0 Å². The van der Waals surface area contributed by atoms with Crippen LogP contribution < -0.4 is 10.6 Å². The zero-order chi connectivity index (χ0) is 13.0. The number of aromatic carboxylic acids is 1. The summed E-state index contributed by atoms with van der Waals surface area (Å²) in [5, 5.41) is 17.8. The van der Waals surface area contributed by atoms with E-state index in [9.17, 15) is 4.79 Å². The quantitative estimate of drug-likeness (QED) is 0.694. The van der Waals surface area contributed by atoms with Crippen molar-refractivity contribution < 1.29 is 15.0 Å². The largest absolute Gasteiger partial charge is 0.478 e. The second kappa shape index (κ2) is 5.49. The number of aliphatic hydroxyl groups is 1. The summed E-state index contributed by atoms with van der Waals surface area (Å²) in [4.78, 5) is 16.6. The fourth-order valence-corrected chi connectivity index (χ4v) is 1.55. The van der Waals surface area contributed by atoms with Crippen molar-refractivity contribution in [3.8, 4) is 0 Å². The van der Waals surface area contributed by atoms with E-state index in [2.05, 4.69) is 4.98 Å². The van der Waals surface area contributed by atoms with Gasteiger partial charge in [-0.1, -0.05) is 0 Å². The van der Waals surface area contributed by atoms with Gasteiger partial charge in [0.25, 0.3) is 0 Å². The molecule has 94 valence electrons. The summed E-state index contributed by atoms with van der Waals surface area (Å²) in [7, 11) is 0. The van der Waals surface area contributed by atoms with Crippen LogP contribution in [0.2, 0.25) is 0 Å². The SMILES string of the molecule is CC(C)N(CCO)c1ncc(C(=O)O)cc1N. The van der Waals surface area contributed by atoms with E-state index in [0.717, 1.165) is 0 Å². The minimum Gasteiger partial charge on any atom is -0.478 e. The van der Waals surface area contributed by atoms with Crippen molar-refractivity contribution in [3.05, 3.63) is 17.8 Å². The van der Waals surface area contributed by atoms with Crippen LogP contribution in [0, 0.1) is 0 Å². The number of carbonyl (C=O) groups is 1. The van der Waals surface area contributed by atoms with Gasteiger partial charge in [-0.15, -0.1) is 0 Å². The van der Waals surface area contributed by atoms with Crippen molar-refractivity contribution >= 4 is 17.5 Å². The molecule has 0 saturated carbocycles. The molecule has 4 N–H and O–H groups in total. The number of hydrogen-bond acceptors (Lipinski definition) is 5. The molecule has 0 spiro atoms. The second-order valence-corrected chi connectivity index (χ2v) is 3.95. The highest BCUT2D eigenvalue weighted by atomic mass is 16.4. The highest BCUT2D eigenvalue weighted by molar-refractivity contribution is 5.89. The second-order valence-electron chi connectivity index (χ2n) is 3.95. The average Bonchev–Trinajstić information content (AvgIpc) is 2.26. The van der Waals surface area contributed by atoms with Gasteiger partial charge in [-0.25, -0.2) is 9.78 Å². The number of aromatic nitrogens is 1. The van der Waals surface area contributed by atoms with E-state index in [-0.39, 0.29) is 18.2 Å². The number of nitrogen functional groups attached to an aromatic ring is 1. The highest BCUT2D eigenvalue weighted by Gasteiger charge is 2.16. The monoisotopic (exact) mass is 239 g/mol. The lowest BCUT2D eigenvalue weighted by atomic mass is 10.2. The van der Waals surface area contributed by atoms with E-state index in [1.54, 1.807) is 0 Å². The summed E-state index contributed by atoms with van der Waals surface area (Å²) >= 11 is 0. The number of anilines is 2. The van der Waals surface area contributed by atoms with Gasteiger partial charge in [0.1, 0.15) is 0 Å². The van der Waals surface area contributed by atoms with Gasteiger partial charge >= 0.3 is 5.97 Å². The van der Waals surface area contributed by atoms with Crippen molar-refractivity contribution in [1.29, 1.82) is 0 Å². The van der Waals surface area contributed by atoms with E-state index in [1.165, 1.54) is 12.3 Å². The maximum Gasteiger partial charge on any atom is 0.337 e. The molecule has 1 rings (SSSR count). The van der Waals surface area contributed by atoms with Crippen LogP contribution in [0.15, 0.2) is 12.3 Å². The average molecular weight is 239 g/mol. The molecule has 0 fully saturated rings. The van der Waals surface area contributed by atoms with Crippen LogP contribution in [-0.4, -0.2) is 40.4 Å². The van der Waals surface area contributed by atoms with Crippen LogP contribution >= 0.6 is 0 Å². The lowest BCUT2D eigenvalue weighted by molar-refractivity contribution is 0.0696. The molecule has 0 bridgehead atoms. The third-order valence-electron chi connectivity index (χ3n) is 2.38. The van der Waals surface area contributed by atoms with Crippen molar-refractivity contribution in [3.63, 3.8) is 0 Å². The van der Waals surface area contributed by atoms with Gasteiger partial charge in [0, 0.05) is 18.8 Å². The summed E-state index contributed by atoms with van der Waals surface area (Å²) in [5.74, 6) is -0.562. The van der Waals surface area contributed by atoms with Crippen molar-refractivity contribution in [1.82, 2.24) is 4.98 Å². The minimum atomic E-state index is -1.06. The molecule has 0 aromatic carbocycles. The van der Waals surface area contributed by atoms with Gasteiger partial charge in [0.05, 0.1) is 17.9 Å². The predicted octanol–water partition coefficient (Wildman–Crippen LogP) is 0.569. The molecule has 0 unspecified atom stereocenters. The van der Waals surface area contributed by atoms with E-state index in [4.69, 9.17) is 15.9 Å². The van der Waals surface area contributed by atoms with Crippen LogP contribution in [0.25, 0.3) is 0 Å². The first kappa shape index (κ1) is 13.2. The van der Waals surface area contributed by atoms with Gasteiger partial charge in [0.2, 0.25) is 0 Å². The molecule has 0 aliphatic heterocycles. The molecular formula is C11H17N3O3. The van der Waals surface area contributed by atoms with Crippen LogP contribution in [0.3, 0.4) is 0 Å². The van der Waals surface area contributed by atoms with Crippen molar-refractivity contribution in [2.75, 3.05) is 23.8 Å². The Hall–Kier alpha value is -1.82. The minimum absolute atomic E-state index is 0.0139. The predicted molar refractivity (Wildman–Crippen MR) is 65.2 cm³/mol.